The number of benzene rings is 2. The molecule has 1 aromatic heterocycles. The van der Waals surface area contributed by atoms with Crippen molar-refractivity contribution < 1.29 is 31.9 Å². The van der Waals surface area contributed by atoms with E-state index in [-0.39, 0.29) is 33.0 Å². The van der Waals surface area contributed by atoms with Crippen LogP contribution in [0.15, 0.2) is 28.7 Å². The number of cyclic esters (lactones) is 2. The lowest BCUT2D eigenvalue weighted by Gasteiger charge is -2.14. The molecule has 0 atom stereocenters. The van der Waals surface area contributed by atoms with Crippen LogP contribution in [0.1, 0.15) is 26.6 Å². The maximum atomic E-state index is 12.7. The average Bonchev–Trinajstić information content (AvgIpc) is 2.88. The highest BCUT2D eigenvalue weighted by molar-refractivity contribution is 6.24. The fraction of sp³-hybridized carbons (Fsp3) is 0.0714. The number of hydrogen-bond donors (Lipinski definition) is 0. The van der Waals surface area contributed by atoms with Gasteiger partial charge in [0.05, 0.1) is 11.1 Å². The number of carbonyl (C=O) groups excluding carboxylic acids is 2. The second kappa shape index (κ2) is 3.85. The Morgan fingerprint density at radius 3 is 2.50 bits per heavy atom. The van der Waals surface area contributed by atoms with Crippen LogP contribution < -0.4 is 0 Å². The topological polar surface area (TPSA) is 69.4 Å². The Morgan fingerprint density at radius 2 is 1.77 bits per heavy atom. The van der Waals surface area contributed by atoms with E-state index in [4.69, 9.17) is 4.42 Å². The smallest absolute Gasteiger partial charge is 0.432 e. The minimum absolute atomic E-state index is 0.0141. The molecule has 0 bridgehead atoms. The van der Waals surface area contributed by atoms with Crippen molar-refractivity contribution in [2.45, 2.75) is 6.18 Å². The summed E-state index contributed by atoms with van der Waals surface area (Å²) in [5, 5.41) is 0.416. The minimum atomic E-state index is -4.75. The van der Waals surface area contributed by atoms with Crippen LogP contribution >= 0.6 is 0 Å². The van der Waals surface area contributed by atoms with Gasteiger partial charge in [0.1, 0.15) is 5.52 Å². The zero-order valence-electron chi connectivity index (χ0n) is 10.5. The molecule has 0 saturated carbocycles. The molecule has 0 fully saturated rings. The average molecular weight is 307 g/mol. The van der Waals surface area contributed by atoms with E-state index in [1.165, 1.54) is 18.2 Å². The summed E-state index contributed by atoms with van der Waals surface area (Å²) < 4.78 is 47.6. The number of nitrogens with zero attached hydrogens (tertiary/aromatic N) is 1. The van der Waals surface area contributed by atoms with Crippen molar-refractivity contribution in [3.05, 3.63) is 41.3 Å². The number of carbonyl (C=O) groups is 2. The number of oxazole rings is 1. The summed E-state index contributed by atoms with van der Waals surface area (Å²) in [6.45, 7) is 0. The molecule has 0 spiro atoms. The summed E-state index contributed by atoms with van der Waals surface area (Å²) in [7, 11) is 0. The van der Waals surface area contributed by atoms with Crippen molar-refractivity contribution in [1.82, 2.24) is 4.98 Å². The predicted octanol–water partition coefficient (Wildman–Crippen LogP) is 3.31. The van der Waals surface area contributed by atoms with Gasteiger partial charge in [-0.2, -0.15) is 13.2 Å². The second-order valence-electron chi connectivity index (χ2n) is 4.69. The summed E-state index contributed by atoms with van der Waals surface area (Å²) in [6.07, 6.45) is -4.75. The Labute approximate surface area is 119 Å². The number of ether oxygens (including phenoxy) is 1. The van der Waals surface area contributed by atoms with Crippen molar-refractivity contribution in [3.8, 4) is 0 Å². The molecule has 3 aromatic rings. The zero-order chi connectivity index (χ0) is 15.6. The number of fused-ring (bicyclic) bond motifs is 2. The van der Waals surface area contributed by atoms with Gasteiger partial charge < -0.3 is 9.15 Å². The quantitative estimate of drug-likeness (QED) is 0.471. The van der Waals surface area contributed by atoms with Gasteiger partial charge in [-0.3, -0.25) is 0 Å². The molecule has 0 amide bonds. The van der Waals surface area contributed by atoms with Crippen LogP contribution in [0.4, 0.5) is 13.2 Å². The van der Waals surface area contributed by atoms with Gasteiger partial charge in [-0.1, -0.05) is 12.1 Å². The highest BCUT2D eigenvalue weighted by atomic mass is 19.4. The maximum absolute atomic E-state index is 12.7. The van der Waals surface area contributed by atoms with E-state index >= 15 is 0 Å². The molecule has 2 aromatic carbocycles. The van der Waals surface area contributed by atoms with Crippen LogP contribution in [0.2, 0.25) is 0 Å². The molecule has 1 aliphatic rings. The van der Waals surface area contributed by atoms with Gasteiger partial charge in [0.25, 0.3) is 0 Å². The largest absolute Gasteiger partial charge is 0.468 e. The molecule has 0 saturated heterocycles. The number of hydrogen-bond acceptors (Lipinski definition) is 5. The normalized spacial score (nSPS) is 14.7. The van der Waals surface area contributed by atoms with Gasteiger partial charge in [0, 0.05) is 10.8 Å². The van der Waals surface area contributed by atoms with E-state index in [0.717, 1.165) is 6.07 Å². The molecular weight excluding hydrogens is 303 g/mol. The fourth-order valence-electron chi connectivity index (χ4n) is 2.51. The summed E-state index contributed by atoms with van der Waals surface area (Å²) >= 11 is 0. The van der Waals surface area contributed by atoms with E-state index in [9.17, 15) is 22.8 Å². The minimum Gasteiger partial charge on any atom is -0.432 e. The molecule has 2 heterocycles. The van der Waals surface area contributed by atoms with Gasteiger partial charge in [-0.25, -0.2) is 14.6 Å². The standard InChI is InChI=1S/C14H4F3NO4/c15-14(16,17)13-18-8-4-7-9-5(10(8)21-13)2-1-3-6(9)11(19)22-12(7)20/h1-4H. The third-order valence-corrected chi connectivity index (χ3v) is 3.38. The van der Waals surface area contributed by atoms with Gasteiger partial charge in [-0.15, -0.1) is 0 Å². The molecule has 22 heavy (non-hydrogen) atoms. The molecule has 5 nitrogen and oxygen atoms in total. The van der Waals surface area contributed by atoms with E-state index in [1.54, 1.807) is 0 Å². The van der Waals surface area contributed by atoms with Crippen LogP contribution in [0, 0.1) is 0 Å². The van der Waals surface area contributed by atoms with E-state index in [1.807, 2.05) is 0 Å². The molecule has 0 unspecified atom stereocenters. The van der Waals surface area contributed by atoms with Crippen molar-refractivity contribution in [3.63, 3.8) is 0 Å². The van der Waals surface area contributed by atoms with Crippen LogP contribution in [0.5, 0.6) is 0 Å². The molecule has 1 aliphatic heterocycles. The van der Waals surface area contributed by atoms with E-state index in [0.29, 0.717) is 0 Å². The molecular formula is C14H4F3NO4. The first-order valence-corrected chi connectivity index (χ1v) is 6.06. The number of rotatable bonds is 0. The monoisotopic (exact) mass is 307 g/mol. The third kappa shape index (κ3) is 1.57. The first-order valence-electron chi connectivity index (χ1n) is 6.06. The van der Waals surface area contributed by atoms with Gasteiger partial charge in [0.2, 0.25) is 0 Å². The van der Waals surface area contributed by atoms with Gasteiger partial charge in [0.15, 0.2) is 5.58 Å². The lowest BCUT2D eigenvalue weighted by Crippen LogP contribution is -2.19. The van der Waals surface area contributed by atoms with E-state index in [2.05, 4.69) is 9.72 Å². The van der Waals surface area contributed by atoms with Crippen LogP contribution in [-0.4, -0.2) is 16.9 Å². The summed E-state index contributed by atoms with van der Waals surface area (Å²) in [5.74, 6) is -3.18. The third-order valence-electron chi connectivity index (χ3n) is 3.38. The molecule has 0 N–H and O–H groups in total. The first-order chi connectivity index (χ1) is 10.4. The Kier molecular flexibility index (Phi) is 2.24. The van der Waals surface area contributed by atoms with Crippen molar-refractivity contribution in [2.75, 3.05) is 0 Å². The maximum Gasteiger partial charge on any atom is 0.468 e. The zero-order valence-corrected chi connectivity index (χ0v) is 10.5. The van der Waals surface area contributed by atoms with E-state index < -0.39 is 24.0 Å². The number of aromatic nitrogens is 1. The van der Waals surface area contributed by atoms with Crippen molar-refractivity contribution >= 4 is 33.8 Å². The Morgan fingerprint density at radius 1 is 1.05 bits per heavy atom. The summed E-state index contributed by atoms with van der Waals surface area (Å²) in [5.41, 5.74) is -0.174. The SMILES string of the molecule is O=C1OC(=O)c2cc3nc(C(F)(F)F)oc3c3cccc1c23. The van der Waals surface area contributed by atoms with Crippen LogP contribution in [0.3, 0.4) is 0 Å². The van der Waals surface area contributed by atoms with Gasteiger partial charge in [-0.05, 0) is 12.1 Å². The summed E-state index contributed by atoms with van der Waals surface area (Å²) in [6, 6.07) is 5.48. The van der Waals surface area contributed by atoms with Crippen LogP contribution in [0.25, 0.3) is 21.9 Å². The van der Waals surface area contributed by atoms with Gasteiger partial charge >= 0.3 is 24.0 Å². The highest BCUT2D eigenvalue weighted by Crippen LogP contribution is 2.37. The summed E-state index contributed by atoms with van der Waals surface area (Å²) in [4.78, 5) is 26.9. The first kappa shape index (κ1) is 12.8. The Balaban J connectivity index is 2.20. The fourth-order valence-corrected chi connectivity index (χ4v) is 2.51. The lowest BCUT2D eigenvalue weighted by molar-refractivity contribution is -0.156. The number of esters is 2. The lowest BCUT2D eigenvalue weighted by atomic mass is 9.96. The molecule has 0 radical (unpaired) electrons. The number of halogens is 3. The second-order valence-corrected chi connectivity index (χ2v) is 4.69. The Bertz CT molecular complexity index is 987. The van der Waals surface area contributed by atoms with Crippen LogP contribution in [-0.2, 0) is 10.9 Å². The molecule has 4 rings (SSSR count). The molecule has 8 heteroatoms. The van der Waals surface area contributed by atoms with Crippen molar-refractivity contribution in [1.29, 1.82) is 0 Å². The predicted molar refractivity (Wildman–Crippen MR) is 66.3 cm³/mol. The number of alkyl halides is 3. The molecule has 0 aliphatic carbocycles. The Hall–Kier alpha value is -2.90. The van der Waals surface area contributed by atoms with Crippen molar-refractivity contribution in [2.24, 2.45) is 0 Å². The molecule has 110 valence electrons. The highest BCUT2D eigenvalue weighted by Gasteiger charge is 2.38.